The highest BCUT2D eigenvalue weighted by atomic mass is 32.3. The lowest BCUT2D eigenvalue weighted by atomic mass is 10.0. The molecule has 0 spiro atoms. The standard InChI is InChI=1S/C15H20N4O6S/c1-17(2)11-5-3-10(4-6-11)16-14(20)13-8-7-12-9-18(13)15(21)19(12)25-26(22,23)24/h3-6,12-13H,7-9H2,1-2H3,(H,16,20)(H,22,23,24)/t12-,13+/m1/s1. The number of hydrogen-bond acceptors (Lipinski definition) is 6. The highest BCUT2D eigenvalue weighted by Gasteiger charge is 2.49. The molecule has 3 amide bonds. The highest BCUT2D eigenvalue weighted by molar-refractivity contribution is 7.80. The van der Waals surface area contributed by atoms with Gasteiger partial charge in [-0.25, -0.2) is 4.79 Å². The Morgan fingerprint density at radius 3 is 2.50 bits per heavy atom. The second-order valence-electron chi connectivity index (χ2n) is 6.44. The summed E-state index contributed by atoms with van der Waals surface area (Å²) in [7, 11) is -0.986. The van der Waals surface area contributed by atoms with E-state index in [9.17, 15) is 18.0 Å². The third-order valence-corrected chi connectivity index (χ3v) is 4.80. The van der Waals surface area contributed by atoms with E-state index in [0.717, 1.165) is 5.69 Å². The van der Waals surface area contributed by atoms with Crippen LogP contribution in [0.5, 0.6) is 0 Å². The maximum atomic E-state index is 12.6. The van der Waals surface area contributed by atoms with E-state index >= 15 is 0 Å². The fourth-order valence-electron chi connectivity index (χ4n) is 3.17. The Morgan fingerprint density at radius 2 is 1.92 bits per heavy atom. The first kappa shape index (κ1) is 18.4. The van der Waals surface area contributed by atoms with Crippen molar-refractivity contribution in [1.29, 1.82) is 0 Å². The summed E-state index contributed by atoms with van der Waals surface area (Å²) in [6, 6.07) is 5.23. The Labute approximate surface area is 151 Å². The third kappa shape index (κ3) is 3.74. The van der Waals surface area contributed by atoms with Crippen molar-refractivity contribution in [2.45, 2.75) is 24.9 Å². The van der Waals surface area contributed by atoms with Crippen molar-refractivity contribution >= 4 is 33.7 Å². The number of urea groups is 1. The summed E-state index contributed by atoms with van der Waals surface area (Å²) in [5.74, 6) is -0.358. The van der Waals surface area contributed by atoms with Crippen LogP contribution in [0.25, 0.3) is 0 Å². The molecular formula is C15H20N4O6S. The van der Waals surface area contributed by atoms with Crippen LogP contribution in [0.2, 0.25) is 0 Å². The van der Waals surface area contributed by atoms with Gasteiger partial charge in [-0.1, -0.05) is 0 Å². The minimum absolute atomic E-state index is 0.159. The number of hydroxylamine groups is 2. The van der Waals surface area contributed by atoms with Crippen LogP contribution < -0.4 is 10.2 Å². The normalized spacial score (nSPS) is 22.5. The quantitative estimate of drug-likeness (QED) is 0.717. The largest absolute Gasteiger partial charge is 0.418 e. The molecule has 2 atom stereocenters. The smallest absolute Gasteiger partial charge is 0.378 e. The highest BCUT2D eigenvalue weighted by Crippen LogP contribution is 2.31. The minimum Gasteiger partial charge on any atom is -0.378 e. The van der Waals surface area contributed by atoms with E-state index in [0.29, 0.717) is 23.6 Å². The number of benzene rings is 1. The topological polar surface area (TPSA) is 119 Å². The number of amides is 3. The fourth-order valence-corrected chi connectivity index (χ4v) is 3.56. The van der Waals surface area contributed by atoms with Gasteiger partial charge in [0, 0.05) is 32.0 Å². The second kappa shape index (κ2) is 6.74. The Bertz CT molecular complexity index is 810. The van der Waals surface area contributed by atoms with Crippen molar-refractivity contribution in [3.63, 3.8) is 0 Å². The van der Waals surface area contributed by atoms with Crippen LogP contribution in [0.15, 0.2) is 24.3 Å². The van der Waals surface area contributed by atoms with Gasteiger partial charge in [-0.2, -0.15) is 13.5 Å². The monoisotopic (exact) mass is 384 g/mol. The molecule has 0 aliphatic carbocycles. The van der Waals surface area contributed by atoms with Crippen LogP contribution in [0, 0.1) is 0 Å². The molecule has 2 aliphatic rings. The summed E-state index contributed by atoms with van der Waals surface area (Å²) in [5, 5.41) is 3.39. The first-order valence-electron chi connectivity index (χ1n) is 8.01. The Balaban J connectivity index is 1.68. The Morgan fingerprint density at radius 1 is 1.27 bits per heavy atom. The molecule has 2 saturated heterocycles. The summed E-state index contributed by atoms with van der Waals surface area (Å²) in [4.78, 5) is 28.1. The van der Waals surface area contributed by atoms with Gasteiger partial charge in [0.1, 0.15) is 6.04 Å². The molecule has 1 aromatic rings. The second-order valence-corrected chi connectivity index (χ2v) is 7.45. The van der Waals surface area contributed by atoms with Gasteiger partial charge < -0.3 is 15.1 Å². The van der Waals surface area contributed by atoms with E-state index in [1.807, 2.05) is 31.1 Å². The number of nitrogens with one attached hydrogen (secondary N) is 1. The molecule has 11 heteroatoms. The molecule has 0 radical (unpaired) electrons. The molecule has 26 heavy (non-hydrogen) atoms. The van der Waals surface area contributed by atoms with Gasteiger partial charge in [-0.3, -0.25) is 9.35 Å². The lowest BCUT2D eigenvalue weighted by Gasteiger charge is -2.29. The van der Waals surface area contributed by atoms with Crippen molar-refractivity contribution in [1.82, 2.24) is 9.96 Å². The first-order chi connectivity index (χ1) is 12.2. The summed E-state index contributed by atoms with van der Waals surface area (Å²) in [6.45, 7) is 0.159. The molecule has 1 aromatic carbocycles. The molecule has 0 saturated carbocycles. The number of carbonyl (C=O) groups is 2. The summed E-state index contributed by atoms with van der Waals surface area (Å²) >= 11 is 0. The molecule has 2 heterocycles. The number of nitrogens with zero attached hydrogens (tertiary/aromatic N) is 3. The van der Waals surface area contributed by atoms with Gasteiger partial charge in [0.05, 0.1) is 6.04 Å². The lowest BCUT2D eigenvalue weighted by Crippen LogP contribution is -2.47. The predicted octanol–water partition coefficient (Wildman–Crippen LogP) is 0.694. The number of piperidine rings is 1. The zero-order valence-corrected chi connectivity index (χ0v) is 15.1. The van der Waals surface area contributed by atoms with Gasteiger partial charge in [0.15, 0.2) is 0 Å². The third-order valence-electron chi connectivity index (χ3n) is 4.45. The van der Waals surface area contributed by atoms with Crippen LogP contribution in [0.1, 0.15) is 12.8 Å². The molecule has 3 rings (SSSR count). The van der Waals surface area contributed by atoms with Gasteiger partial charge >= 0.3 is 16.4 Å². The van der Waals surface area contributed by atoms with Crippen molar-refractivity contribution < 1.29 is 26.8 Å². The van der Waals surface area contributed by atoms with Crippen LogP contribution in [0.4, 0.5) is 16.2 Å². The molecule has 0 unspecified atom stereocenters. The van der Waals surface area contributed by atoms with Crippen molar-refractivity contribution in [3.05, 3.63) is 24.3 Å². The number of fused-ring (bicyclic) bond motifs is 2. The minimum atomic E-state index is -4.80. The van der Waals surface area contributed by atoms with Gasteiger partial charge in [0.25, 0.3) is 0 Å². The number of anilines is 2. The predicted molar refractivity (Wildman–Crippen MR) is 92.8 cm³/mol. The van der Waals surface area contributed by atoms with E-state index in [-0.39, 0.29) is 12.5 Å². The number of rotatable bonds is 5. The van der Waals surface area contributed by atoms with Crippen LogP contribution >= 0.6 is 0 Å². The molecule has 2 bridgehead atoms. The van der Waals surface area contributed by atoms with Gasteiger partial charge in [0.2, 0.25) is 5.91 Å². The molecule has 10 nitrogen and oxygen atoms in total. The average molecular weight is 384 g/mol. The summed E-state index contributed by atoms with van der Waals surface area (Å²) in [6.07, 6.45) is 0.749. The summed E-state index contributed by atoms with van der Waals surface area (Å²) in [5.41, 5.74) is 1.58. The van der Waals surface area contributed by atoms with E-state index < -0.39 is 28.5 Å². The lowest BCUT2D eigenvalue weighted by molar-refractivity contribution is -0.120. The molecule has 0 aromatic heterocycles. The number of carbonyl (C=O) groups excluding carboxylic acids is 2. The van der Waals surface area contributed by atoms with Gasteiger partial charge in [-0.15, -0.1) is 4.28 Å². The molecule has 2 N–H and O–H groups in total. The van der Waals surface area contributed by atoms with Crippen molar-refractivity contribution in [3.8, 4) is 0 Å². The Hall–Kier alpha value is -2.37. The molecular weight excluding hydrogens is 364 g/mol. The fraction of sp³-hybridized carbons (Fsp3) is 0.467. The van der Waals surface area contributed by atoms with E-state index in [1.54, 1.807) is 12.1 Å². The molecule has 2 aliphatic heterocycles. The zero-order chi connectivity index (χ0) is 19.1. The molecule has 2 fully saturated rings. The van der Waals surface area contributed by atoms with Crippen LogP contribution in [0.3, 0.4) is 0 Å². The average Bonchev–Trinajstić information content (AvgIpc) is 2.79. The van der Waals surface area contributed by atoms with Crippen molar-refractivity contribution in [2.75, 3.05) is 30.9 Å². The van der Waals surface area contributed by atoms with Crippen LogP contribution in [-0.2, 0) is 19.5 Å². The SMILES string of the molecule is CN(C)c1ccc(NC(=O)[C@@H]2CC[C@@H]3CN2C(=O)N3OS(=O)(=O)O)cc1. The molecule has 142 valence electrons. The summed E-state index contributed by atoms with van der Waals surface area (Å²) < 4.78 is 34.9. The number of hydrogen-bond donors (Lipinski definition) is 2. The van der Waals surface area contributed by atoms with Crippen LogP contribution in [-0.4, -0.2) is 67.6 Å². The van der Waals surface area contributed by atoms with Crippen molar-refractivity contribution in [2.24, 2.45) is 0 Å². The first-order valence-corrected chi connectivity index (χ1v) is 9.37. The van der Waals surface area contributed by atoms with Gasteiger partial charge in [-0.05, 0) is 37.1 Å². The van der Waals surface area contributed by atoms with E-state index in [4.69, 9.17) is 4.55 Å². The maximum absolute atomic E-state index is 12.6. The Kier molecular flexibility index (Phi) is 4.78. The maximum Gasteiger partial charge on any atom is 0.418 e. The van der Waals surface area contributed by atoms with E-state index in [1.165, 1.54) is 4.90 Å². The zero-order valence-electron chi connectivity index (χ0n) is 14.3. The van der Waals surface area contributed by atoms with E-state index in [2.05, 4.69) is 9.60 Å².